The third-order valence-corrected chi connectivity index (χ3v) is 3.20. The molecule has 20 heavy (non-hydrogen) atoms. The predicted molar refractivity (Wildman–Crippen MR) is 77.2 cm³/mol. The van der Waals surface area contributed by atoms with Gasteiger partial charge < -0.3 is 20.5 Å². The summed E-state index contributed by atoms with van der Waals surface area (Å²) >= 11 is 0. The topological polar surface area (TPSA) is 73.6 Å². The van der Waals surface area contributed by atoms with Gasteiger partial charge in [-0.3, -0.25) is 4.79 Å². The number of benzene rings is 1. The second-order valence-corrected chi connectivity index (χ2v) is 5.00. The minimum atomic E-state index is -0.280. The molecule has 0 radical (unpaired) electrons. The number of hydrogen-bond donors (Lipinski definition) is 2. The van der Waals surface area contributed by atoms with E-state index >= 15 is 0 Å². The first-order chi connectivity index (χ1) is 9.69. The largest absolute Gasteiger partial charge is 0.346 e. The number of rotatable bonds is 6. The van der Waals surface area contributed by atoms with Crippen LogP contribution in [0.5, 0.6) is 0 Å². The molecule has 110 valence electrons. The predicted octanol–water partition coefficient (Wildman–Crippen LogP) is 2.19. The number of carbonyl (C=O) groups is 1. The molecule has 5 heteroatoms. The Labute approximate surface area is 119 Å². The molecule has 1 atom stereocenters. The van der Waals surface area contributed by atoms with Crippen molar-refractivity contribution in [3.63, 3.8) is 0 Å². The van der Waals surface area contributed by atoms with Gasteiger partial charge in [-0.1, -0.05) is 25.5 Å². The van der Waals surface area contributed by atoms with Gasteiger partial charge in [-0.15, -0.1) is 0 Å². The highest BCUT2D eigenvalue weighted by Gasteiger charge is 2.18. The summed E-state index contributed by atoms with van der Waals surface area (Å²) in [6.07, 6.45) is 1.93. The van der Waals surface area contributed by atoms with E-state index in [2.05, 4.69) is 12.2 Å². The van der Waals surface area contributed by atoms with Crippen molar-refractivity contribution in [1.29, 1.82) is 0 Å². The zero-order valence-corrected chi connectivity index (χ0v) is 11.8. The quantitative estimate of drug-likeness (QED) is 0.836. The molecule has 0 spiro atoms. The fraction of sp³-hybridized carbons (Fsp3) is 0.533. The summed E-state index contributed by atoms with van der Waals surface area (Å²) in [5.41, 5.74) is 7.58. The second-order valence-electron chi connectivity index (χ2n) is 5.00. The van der Waals surface area contributed by atoms with Crippen LogP contribution in [0.2, 0.25) is 0 Å². The van der Waals surface area contributed by atoms with Crippen LogP contribution in [0.3, 0.4) is 0 Å². The Hall–Kier alpha value is -1.43. The van der Waals surface area contributed by atoms with Crippen molar-refractivity contribution in [2.24, 2.45) is 5.73 Å². The maximum Gasteiger partial charge on any atom is 0.225 e. The Morgan fingerprint density at radius 1 is 1.35 bits per heavy atom. The molecule has 1 unspecified atom stereocenters. The lowest BCUT2D eigenvalue weighted by Gasteiger charge is -2.12. The first kappa shape index (κ1) is 15.0. The first-order valence-electron chi connectivity index (χ1n) is 7.07. The van der Waals surface area contributed by atoms with Gasteiger partial charge in [0.15, 0.2) is 6.29 Å². The Kier molecular flexibility index (Phi) is 5.52. The van der Waals surface area contributed by atoms with E-state index in [9.17, 15) is 4.79 Å². The first-order valence-corrected chi connectivity index (χ1v) is 7.07. The van der Waals surface area contributed by atoms with Crippen LogP contribution in [0.15, 0.2) is 24.3 Å². The van der Waals surface area contributed by atoms with Crippen LogP contribution in [0.1, 0.15) is 38.0 Å². The van der Waals surface area contributed by atoms with Gasteiger partial charge in [0.2, 0.25) is 5.91 Å². The van der Waals surface area contributed by atoms with E-state index in [4.69, 9.17) is 15.2 Å². The molecule has 5 nitrogen and oxygen atoms in total. The summed E-state index contributed by atoms with van der Waals surface area (Å²) in [7, 11) is 0. The molecule has 1 fully saturated rings. The number of carbonyl (C=O) groups excluding carboxylic acids is 1. The summed E-state index contributed by atoms with van der Waals surface area (Å²) in [5, 5.41) is 2.85. The fourth-order valence-corrected chi connectivity index (χ4v) is 2.20. The second kappa shape index (κ2) is 7.38. The van der Waals surface area contributed by atoms with Crippen molar-refractivity contribution in [2.75, 3.05) is 18.5 Å². The molecule has 1 amide bonds. The molecular formula is C15H22N2O3. The summed E-state index contributed by atoms with van der Waals surface area (Å²) in [6, 6.07) is 7.43. The van der Waals surface area contributed by atoms with Gasteiger partial charge in [0, 0.05) is 23.7 Å². The Balaban J connectivity index is 1.85. The Bertz CT molecular complexity index is 427. The SMILES string of the molecule is CCCC(N)CC(=O)Nc1ccc(C2OCCO2)cc1. The van der Waals surface area contributed by atoms with Gasteiger partial charge in [-0.2, -0.15) is 0 Å². The minimum absolute atomic E-state index is 0.0490. The van der Waals surface area contributed by atoms with Crippen LogP contribution in [0.4, 0.5) is 5.69 Å². The molecule has 3 N–H and O–H groups in total. The number of ether oxygens (including phenoxy) is 2. The van der Waals surface area contributed by atoms with Crippen LogP contribution in [0.25, 0.3) is 0 Å². The number of nitrogens with one attached hydrogen (secondary N) is 1. The van der Waals surface area contributed by atoms with Crippen molar-refractivity contribution < 1.29 is 14.3 Å². The van der Waals surface area contributed by atoms with E-state index in [0.29, 0.717) is 19.6 Å². The molecule has 0 aliphatic carbocycles. The number of amides is 1. The molecule has 1 saturated heterocycles. The van der Waals surface area contributed by atoms with Crippen molar-refractivity contribution >= 4 is 11.6 Å². The average Bonchev–Trinajstić information content (AvgIpc) is 2.93. The van der Waals surface area contributed by atoms with E-state index in [0.717, 1.165) is 24.1 Å². The molecule has 1 aromatic rings. The van der Waals surface area contributed by atoms with Gasteiger partial charge in [0.05, 0.1) is 13.2 Å². The maximum atomic E-state index is 11.8. The monoisotopic (exact) mass is 278 g/mol. The zero-order valence-electron chi connectivity index (χ0n) is 11.8. The molecule has 2 rings (SSSR count). The highest BCUT2D eigenvalue weighted by molar-refractivity contribution is 5.91. The molecule has 0 bridgehead atoms. The lowest BCUT2D eigenvalue weighted by molar-refractivity contribution is -0.116. The van der Waals surface area contributed by atoms with Crippen LogP contribution in [-0.2, 0) is 14.3 Å². The molecule has 0 aromatic heterocycles. The van der Waals surface area contributed by atoms with E-state index in [-0.39, 0.29) is 18.2 Å². The molecule has 1 aliphatic rings. The minimum Gasteiger partial charge on any atom is -0.346 e. The third-order valence-electron chi connectivity index (χ3n) is 3.20. The number of hydrogen-bond acceptors (Lipinski definition) is 4. The van der Waals surface area contributed by atoms with E-state index < -0.39 is 0 Å². The molecule has 1 aliphatic heterocycles. The number of nitrogens with two attached hydrogens (primary N) is 1. The molecule has 1 heterocycles. The third kappa shape index (κ3) is 4.30. The van der Waals surface area contributed by atoms with Gasteiger partial charge >= 0.3 is 0 Å². The van der Waals surface area contributed by atoms with Gasteiger partial charge in [0.25, 0.3) is 0 Å². The lowest BCUT2D eigenvalue weighted by atomic mass is 10.1. The van der Waals surface area contributed by atoms with E-state index in [1.165, 1.54) is 0 Å². The Morgan fingerprint density at radius 3 is 2.60 bits per heavy atom. The number of anilines is 1. The van der Waals surface area contributed by atoms with Gasteiger partial charge in [-0.05, 0) is 18.6 Å². The van der Waals surface area contributed by atoms with Crippen molar-refractivity contribution in [2.45, 2.75) is 38.5 Å². The maximum absolute atomic E-state index is 11.8. The lowest BCUT2D eigenvalue weighted by Crippen LogP contribution is -2.26. The van der Waals surface area contributed by atoms with Crippen LogP contribution >= 0.6 is 0 Å². The highest BCUT2D eigenvalue weighted by atomic mass is 16.7. The Morgan fingerprint density at radius 2 is 2.00 bits per heavy atom. The fourth-order valence-electron chi connectivity index (χ4n) is 2.20. The molecule has 1 aromatic carbocycles. The summed E-state index contributed by atoms with van der Waals surface area (Å²) in [4.78, 5) is 11.8. The smallest absolute Gasteiger partial charge is 0.225 e. The van der Waals surface area contributed by atoms with Crippen molar-refractivity contribution in [3.05, 3.63) is 29.8 Å². The average molecular weight is 278 g/mol. The normalized spacial score (nSPS) is 17.1. The molecular weight excluding hydrogens is 256 g/mol. The zero-order chi connectivity index (χ0) is 14.4. The van der Waals surface area contributed by atoms with Gasteiger partial charge in [0.1, 0.15) is 0 Å². The van der Waals surface area contributed by atoms with E-state index in [1.54, 1.807) is 0 Å². The summed E-state index contributed by atoms with van der Waals surface area (Å²) in [6.45, 7) is 3.31. The van der Waals surface area contributed by atoms with Crippen LogP contribution < -0.4 is 11.1 Å². The van der Waals surface area contributed by atoms with E-state index in [1.807, 2.05) is 24.3 Å². The van der Waals surface area contributed by atoms with Crippen LogP contribution in [0, 0.1) is 0 Å². The van der Waals surface area contributed by atoms with Crippen LogP contribution in [-0.4, -0.2) is 25.2 Å². The highest BCUT2D eigenvalue weighted by Crippen LogP contribution is 2.24. The standard InChI is InChI=1S/C15H22N2O3/c1-2-3-12(16)10-14(18)17-13-6-4-11(5-7-13)15-19-8-9-20-15/h4-7,12,15H,2-3,8-10,16H2,1H3,(H,17,18). The van der Waals surface area contributed by atoms with Crippen molar-refractivity contribution in [1.82, 2.24) is 0 Å². The summed E-state index contributed by atoms with van der Waals surface area (Å²) in [5.74, 6) is -0.0490. The van der Waals surface area contributed by atoms with Crippen molar-refractivity contribution in [3.8, 4) is 0 Å². The molecule has 0 saturated carbocycles. The van der Waals surface area contributed by atoms with Gasteiger partial charge in [-0.25, -0.2) is 0 Å². The summed E-state index contributed by atoms with van der Waals surface area (Å²) < 4.78 is 10.8.